The van der Waals surface area contributed by atoms with Gasteiger partial charge in [-0.05, 0) is 80.7 Å². The summed E-state index contributed by atoms with van der Waals surface area (Å²) in [4.78, 5) is 24.3. The second kappa shape index (κ2) is 13.6. The molecule has 0 radical (unpaired) electrons. The van der Waals surface area contributed by atoms with Gasteiger partial charge in [-0.15, -0.1) is 0 Å². The van der Waals surface area contributed by atoms with Crippen molar-refractivity contribution in [2.24, 2.45) is 23.5 Å². The van der Waals surface area contributed by atoms with E-state index in [9.17, 15) is 19.1 Å². The lowest BCUT2D eigenvalue weighted by Crippen LogP contribution is -2.35. The number of benzene rings is 1. The van der Waals surface area contributed by atoms with Gasteiger partial charge in [-0.3, -0.25) is 4.79 Å². The summed E-state index contributed by atoms with van der Waals surface area (Å²) in [5.74, 6) is -1.02. The van der Waals surface area contributed by atoms with Crippen molar-refractivity contribution in [1.29, 1.82) is 0 Å². The van der Waals surface area contributed by atoms with Crippen LogP contribution in [-0.2, 0) is 20.7 Å². The molecule has 2 amide bonds. The molecular formula is C28H41FN2O5. The molecule has 0 saturated carbocycles. The monoisotopic (exact) mass is 504 g/mol. The number of halogens is 1. The number of methoxy groups -OCH3 is 1. The summed E-state index contributed by atoms with van der Waals surface area (Å²) in [5, 5.41) is 13.8. The highest BCUT2D eigenvalue weighted by atomic mass is 19.1. The van der Waals surface area contributed by atoms with Gasteiger partial charge < -0.3 is 25.6 Å². The van der Waals surface area contributed by atoms with Crippen molar-refractivity contribution in [1.82, 2.24) is 0 Å². The predicted octanol–water partition coefficient (Wildman–Crippen LogP) is 5.13. The Morgan fingerprint density at radius 2 is 1.89 bits per heavy atom. The molecular weight excluding hydrogens is 463 g/mol. The number of primary amides is 1. The molecule has 200 valence electrons. The van der Waals surface area contributed by atoms with Crippen molar-refractivity contribution >= 4 is 17.7 Å². The van der Waals surface area contributed by atoms with Gasteiger partial charge in [-0.1, -0.05) is 32.9 Å². The lowest BCUT2D eigenvalue weighted by Gasteiger charge is -2.29. The molecule has 4 N–H and O–H groups in total. The highest BCUT2D eigenvalue weighted by Gasteiger charge is 2.28. The zero-order valence-electron chi connectivity index (χ0n) is 22.2. The second-order valence-electron chi connectivity index (χ2n) is 10.2. The van der Waals surface area contributed by atoms with Gasteiger partial charge in [0.15, 0.2) is 0 Å². The van der Waals surface area contributed by atoms with E-state index in [-0.39, 0.29) is 23.7 Å². The average molecular weight is 505 g/mol. The van der Waals surface area contributed by atoms with Gasteiger partial charge in [0.25, 0.3) is 5.91 Å². The molecule has 0 aromatic heterocycles. The van der Waals surface area contributed by atoms with Gasteiger partial charge in [0.1, 0.15) is 11.9 Å². The minimum Gasteiger partial charge on any atom is -0.442 e. The average Bonchev–Trinajstić information content (AvgIpc) is 2.78. The van der Waals surface area contributed by atoms with E-state index in [1.54, 1.807) is 20.1 Å². The molecule has 7 nitrogen and oxygen atoms in total. The Balaban J connectivity index is 2.43. The zero-order chi connectivity index (χ0) is 27.0. The third-order valence-corrected chi connectivity index (χ3v) is 6.82. The van der Waals surface area contributed by atoms with Crippen molar-refractivity contribution in [2.45, 2.75) is 78.6 Å². The maximum Gasteiger partial charge on any atom is 0.405 e. The number of hydrogen-bond donors (Lipinski definition) is 3. The minimum atomic E-state index is -0.866. The fourth-order valence-corrected chi connectivity index (χ4v) is 4.86. The lowest BCUT2D eigenvalue weighted by atomic mass is 9.87. The largest absolute Gasteiger partial charge is 0.442 e. The molecule has 2 bridgehead atoms. The Kier molecular flexibility index (Phi) is 11.1. The van der Waals surface area contributed by atoms with Gasteiger partial charge in [0, 0.05) is 24.3 Å². The first kappa shape index (κ1) is 29.5. The molecule has 1 aliphatic rings. The van der Waals surface area contributed by atoms with E-state index in [1.807, 2.05) is 39.8 Å². The summed E-state index contributed by atoms with van der Waals surface area (Å²) in [6.07, 6.45) is 3.34. The quantitative estimate of drug-likeness (QED) is 0.484. The maximum atomic E-state index is 14.3. The molecule has 0 spiro atoms. The minimum absolute atomic E-state index is 0.0712. The van der Waals surface area contributed by atoms with Crippen LogP contribution in [0, 0.1) is 23.6 Å². The third kappa shape index (κ3) is 8.75. The number of carbonyl (C=O) groups excluding carboxylic acids is 2. The SMILES string of the molecule is CO[C@H]1C[C@H](C)Cc2cc(F)cc(c2)NC(=O)/C(C)=C/CC[C@H](C)[C@H](OC(N)=O)/C(C)=C/[C@H](C)[C@H]1O. The fraction of sp³-hybridized carbons (Fsp3) is 0.571. The van der Waals surface area contributed by atoms with Crippen molar-refractivity contribution in [3.8, 4) is 0 Å². The van der Waals surface area contributed by atoms with Crippen LogP contribution < -0.4 is 11.1 Å². The van der Waals surface area contributed by atoms with Crippen LogP contribution in [0.25, 0.3) is 0 Å². The van der Waals surface area contributed by atoms with Gasteiger partial charge in [0.05, 0.1) is 12.2 Å². The summed E-state index contributed by atoms with van der Waals surface area (Å²) < 4.78 is 25.4. The molecule has 0 fully saturated rings. The normalized spacial score (nSPS) is 31.9. The van der Waals surface area contributed by atoms with Crippen molar-refractivity contribution < 1.29 is 28.6 Å². The van der Waals surface area contributed by atoms with Gasteiger partial charge >= 0.3 is 6.09 Å². The first-order valence-electron chi connectivity index (χ1n) is 12.5. The number of aliphatic hydroxyl groups is 1. The summed E-state index contributed by atoms with van der Waals surface area (Å²) in [6.45, 7) is 9.42. The Bertz CT molecular complexity index is 977. The predicted molar refractivity (Wildman–Crippen MR) is 139 cm³/mol. The number of fused-ring (bicyclic) bond motifs is 2. The Morgan fingerprint density at radius 3 is 2.53 bits per heavy atom. The Morgan fingerprint density at radius 1 is 1.19 bits per heavy atom. The Labute approximate surface area is 213 Å². The number of hydrogen-bond acceptors (Lipinski definition) is 5. The highest BCUT2D eigenvalue weighted by molar-refractivity contribution is 6.03. The van der Waals surface area contributed by atoms with Crippen LogP contribution in [0.1, 0.15) is 59.4 Å². The molecule has 0 saturated heterocycles. The van der Waals surface area contributed by atoms with Crippen LogP contribution in [0.5, 0.6) is 0 Å². The van der Waals surface area contributed by atoms with Crippen LogP contribution in [0.3, 0.4) is 0 Å². The molecule has 1 aliphatic heterocycles. The molecule has 1 aromatic carbocycles. The number of nitrogens with one attached hydrogen (secondary N) is 1. The molecule has 0 unspecified atom stereocenters. The van der Waals surface area contributed by atoms with Crippen LogP contribution in [0.15, 0.2) is 41.5 Å². The number of anilines is 1. The maximum absolute atomic E-state index is 14.3. The van der Waals surface area contributed by atoms with Gasteiger partial charge in [-0.2, -0.15) is 0 Å². The fourth-order valence-electron chi connectivity index (χ4n) is 4.86. The molecule has 0 aliphatic carbocycles. The standard InChI is InChI=1S/C28H41FN2O5/c1-16-10-21-13-22(29)15-23(14-21)31-27(33)18(3)9-7-8-17(2)26(36-28(30)34)20(5)12-19(4)25(32)24(11-16)35-6/h9,12-17,19,24-26,32H,7-8,10-11H2,1-6H3,(H2,30,34)(H,31,33)/b18-9+,20-12+/t16-,17+,19+,24+,25-,26+/m1/s1. The number of amides is 2. The molecule has 36 heavy (non-hydrogen) atoms. The number of ether oxygens (including phenoxy) is 2. The van der Waals surface area contributed by atoms with E-state index >= 15 is 0 Å². The second-order valence-corrected chi connectivity index (χ2v) is 10.2. The molecule has 2 rings (SSSR count). The summed E-state index contributed by atoms with van der Waals surface area (Å²) in [7, 11) is 1.56. The van der Waals surface area contributed by atoms with E-state index in [0.29, 0.717) is 36.9 Å². The van der Waals surface area contributed by atoms with Crippen molar-refractivity contribution in [3.63, 3.8) is 0 Å². The number of nitrogens with two attached hydrogens (primary N) is 1. The molecule has 8 heteroatoms. The van der Waals surface area contributed by atoms with E-state index in [2.05, 4.69) is 5.32 Å². The number of aliphatic hydroxyl groups excluding tert-OH is 1. The first-order valence-corrected chi connectivity index (χ1v) is 12.5. The highest BCUT2D eigenvalue weighted by Crippen LogP contribution is 2.27. The molecule has 1 heterocycles. The smallest absolute Gasteiger partial charge is 0.405 e. The van der Waals surface area contributed by atoms with E-state index < -0.39 is 30.2 Å². The molecule has 1 aromatic rings. The number of rotatable bonds is 2. The Hall–Kier alpha value is -2.71. The van der Waals surface area contributed by atoms with Crippen LogP contribution >= 0.6 is 0 Å². The zero-order valence-corrected chi connectivity index (χ0v) is 22.2. The van der Waals surface area contributed by atoms with Gasteiger partial charge in [0.2, 0.25) is 0 Å². The third-order valence-electron chi connectivity index (χ3n) is 6.82. The molecule has 6 atom stereocenters. The first-order chi connectivity index (χ1) is 16.9. The van der Waals surface area contributed by atoms with Crippen LogP contribution in [0.2, 0.25) is 0 Å². The topological polar surface area (TPSA) is 111 Å². The number of allylic oxidation sites excluding steroid dienone is 1. The summed E-state index contributed by atoms with van der Waals surface area (Å²) >= 11 is 0. The van der Waals surface area contributed by atoms with Crippen molar-refractivity contribution in [2.75, 3.05) is 12.4 Å². The van der Waals surface area contributed by atoms with E-state index in [1.165, 1.54) is 12.1 Å². The van der Waals surface area contributed by atoms with E-state index in [0.717, 1.165) is 11.1 Å². The summed E-state index contributed by atoms with van der Waals surface area (Å²) in [6, 6.07) is 4.54. The van der Waals surface area contributed by atoms with Crippen LogP contribution in [-0.4, -0.2) is 42.5 Å². The van der Waals surface area contributed by atoms with E-state index in [4.69, 9.17) is 15.2 Å². The van der Waals surface area contributed by atoms with Crippen molar-refractivity contribution in [3.05, 3.63) is 52.9 Å². The lowest BCUT2D eigenvalue weighted by molar-refractivity contribution is -0.112. The number of carbonyl (C=O) groups is 2. The van der Waals surface area contributed by atoms with Gasteiger partial charge in [-0.25, -0.2) is 9.18 Å². The van der Waals surface area contributed by atoms with Crippen LogP contribution in [0.4, 0.5) is 14.9 Å². The summed E-state index contributed by atoms with van der Waals surface area (Å²) in [5.41, 5.74) is 7.80.